The van der Waals surface area contributed by atoms with Crippen molar-refractivity contribution in [2.75, 3.05) is 5.65 Å². The Morgan fingerprint density at radius 1 is 1.80 bits per heavy atom. The molecule has 0 radical (unpaired) electrons. The molecule has 0 saturated heterocycles. The van der Waals surface area contributed by atoms with Crippen molar-refractivity contribution in [2.45, 2.75) is 46.1 Å². The van der Waals surface area contributed by atoms with E-state index in [2.05, 4.69) is 36.7 Å². The van der Waals surface area contributed by atoms with Gasteiger partial charge >= 0.3 is 0 Å². The minimum atomic E-state index is -0.827. The van der Waals surface area contributed by atoms with Gasteiger partial charge in [-0.1, -0.05) is 49.5 Å². The Kier molecular flexibility index (Phi) is 7.01. The van der Waals surface area contributed by atoms with Crippen LogP contribution in [0.1, 0.15) is 40.0 Å². The predicted molar refractivity (Wildman–Crippen MR) is 77.2 cm³/mol. The largest absolute Gasteiger partial charge is 0.308 e. The highest BCUT2D eigenvalue weighted by Gasteiger charge is 2.28. The van der Waals surface area contributed by atoms with E-state index in [1.165, 1.54) is 24.9 Å². The maximum Gasteiger partial charge on any atom is 0.117 e. The van der Waals surface area contributed by atoms with Crippen LogP contribution in [0.4, 0.5) is 0 Å². The summed E-state index contributed by atoms with van der Waals surface area (Å²) >= 11 is 4.51. The fourth-order valence-corrected chi connectivity index (χ4v) is 2.20. The lowest BCUT2D eigenvalue weighted by Gasteiger charge is -2.31. The van der Waals surface area contributed by atoms with Crippen LogP contribution in [0.25, 0.3) is 0 Å². The van der Waals surface area contributed by atoms with Crippen molar-refractivity contribution < 1.29 is 4.18 Å². The van der Waals surface area contributed by atoms with Crippen LogP contribution >= 0.6 is 28.0 Å². The molecule has 4 heteroatoms. The molecule has 88 valence electrons. The van der Waals surface area contributed by atoms with Crippen LogP contribution in [0.5, 0.6) is 0 Å². The van der Waals surface area contributed by atoms with Crippen LogP contribution in [0.15, 0.2) is 11.1 Å². The molecule has 0 unspecified atom stereocenters. The molecule has 1 atom stereocenters. The lowest BCUT2D eigenvalue weighted by Crippen LogP contribution is -2.28. The van der Waals surface area contributed by atoms with Crippen molar-refractivity contribution in [3.8, 4) is 0 Å². The lowest BCUT2D eigenvalue weighted by atomic mass is 9.81. The molecule has 0 aliphatic rings. The van der Waals surface area contributed by atoms with Gasteiger partial charge in [-0.05, 0) is 43.3 Å². The van der Waals surface area contributed by atoms with E-state index in [9.17, 15) is 0 Å². The summed E-state index contributed by atoms with van der Waals surface area (Å²) in [6, 6.07) is 0. The Hall–Kier alpha value is 0.595. The van der Waals surface area contributed by atoms with Crippen molar-refractivity contribution in [1.29, 1.82) is 2.67 Å². The smallest absolute Gasteiger partial charge is 0.117 e. The molecule has 1 nitrogen and oxygen atoms in total. The number of unbranched alkanes of at least 4 members (excludes halogenated alkanes) is 1. The Balaban J connectivity index is 4.28. The zero-order valence-corrected chi connectivity index (χ0v) is 12.2. The van der Waals surface area contributed by atoms with Gasteiger partial charge in [0, 0.05) is 0 Å². The van der Waals surface area contributed by atoms with Crippen LogP contribution in [0.3, 0.4) is 0 Å². The Bertz CT molecular complexity index is 228. The summed E-state index contributed by atoms with van der Waals surface area (Å²) in [5.74, 6) is 0. The van der Waals surface area contributed by atoms with Gasteiger partial charge in [-0.15, -0.1) is 0 Å². The fourth-order valence-electron chi connectivity index (χ4n) is 1.38. The first-order valence-corrected chi connectivity index (χ1v) is 7.16. The maximum atomic E-state index is 7.13. The highest BCUT2D eigenvalue weighted by Crippen LogP contribution is 2.33. The Morgan fingerprint density at radius 3 is 3.07 bits per heavy atom. The second-order valence-corrected chi connectivity index (χ2v) is 5.50. The summed E-state index contributed by atoms with van der Waals surface area (Å²) in [6.45, 7) is 6.57. The van der Waals surface area contributed by atoms with Crippen LogP contribution in [0, 0.1) is 5.41 Å². The van der Waals surface area contributed by atoms with Crippen molar-refractivity contribution in [3.63, 3.8) is 0 Å². The first kappa shape index (κ1) is 12.1. The van der Waals surface area contributed by atoms with E-state index in [-0.39, 0.29) is 11.5 Å². The first-order valence-electron chi connectivity index (χ1n) is 6.49. The number of halogens is 1. The average molecular weight is 296 g/mol. The van der Waals surface area contributed by atoms with Crippen molar-refractivity contribution in [1.82, 2.24) is 0 Å². The Labute approximate surface area is 111 Å². The molecule has 15 heavy (non-hydrogen) atoms. The van der Waals surface area contributed by atoms with Crippen molar-refractivity contribution in [2.24, 2.45) is 5.41 Å². The molecule has 0 amide bonds. The summed E-state index contributed by atoms with van der Waals surface area (Å²) in [6.07, 6.45) is 5.48. The summed E-state index contributed by atoms with van der Waals surface area (Å²) in [4.78, 5) is 1.82. The molecular formula is C11H22BBrOS. The van der Waals surface area contributed by atoms with E-state index in [1.807, 2.05) is 11.1 Å². The van der Waals surface area contributed by atoms with Crippen LogP contribution in [0.2, 0.25) is 0 Å². The minimum absolute atomic E-state index is 0.0113. The zero-order valence-electron chi connectivity index (χ0n) is 11.8. The quantitative estimate of drug-likeness (QED) is 0.473. The third-order valence-electron chi connectivity index (χ3n) is 2.43. The molecule has 0 aromatic carbocycles. The second-order valence-electron chi connectivity index (χ2n) is 4.21. The van der Waals surface area contributed by atoms with E-state index >= 15 is 0 Å². The molecule has 0 spiro atoms. The number of hydrogen-bond acceptors (Lipinski definition) is 2. The normalized spacial score (nSPS) is 16.3. The monoisotopic (exact) mass is 295 g/mol. The highest BCUT2D eigenvalue weighted by molar-refractivity contribution is 9.11. The van der Waals surface area contributed by atoms with Gasteiger partial charge in [0.05, 0.1) is 6.10 Å². The third kappa shape index (κ3) is 6.70. The summed E-state index contributed by atoms with van der Waals surface area (Å²) in [5, 5.41) is 0. The fraction of sp³-hybridized carbons (Fsp3) is 0.818. The van der Waals surface area contributed by atoms with E-state index < -0.39 is 7.77 Å². The van der Waals surface area contributed by atoms with Gasteiger partial charge in [0.15, 0.2) is 0 Å². The standard InChI is InChI=1S/C11H22BBrOS/c1-4-5-7-11(2,3)10(6-8-13)14-15-9-12/h6,8,10H,4-5,7,9,12H2,1-3H3/b8-6+/t10-/m1/s1/i12TD. The summed E-state index contributed by atoms with van der Waals surface area (Å²) in [7, 11) is -0.827. The molecule has 0 fully saturated rings. The van der Waals surface area contributed by atoms with Gasteiger partial charge in [-0.2, -0.15) is 0 Å². The molecule has 0 rings (SSSR count). The molecule has 0 N–H and O–H groups in total. The summed E-state index contributed by atoms with van der Waals surface area (Å²) < 4.78 is 20.0. The van der Waals surface area contributed by atoms with Crippen molar-refractivity contribution in [3.05, 3.63) is 11.1 Å². The molecular weight excluding hydrogens is 271 g/mol. The first-order chi connectivity index (χ1) is 7.94. The molecule has 0 aromatic heterocycles. The van der Waals surface area contributed by atoms with Gasteiger partial charge in [0.25, 0.3) is 0 Å². The minimum Gasteiger partial charge on any atom is -0.308 e. The number of hydrogen-bond donors (Lipinski definition) is 0. The Morgan fingerprint density at radius 2 is 2.53 bits per heavy atom. The van der Waals surface area contributed by atoms with E-state index in [0.29, 0.717) is 5.65 Å². The van der Waals surface area contributed by atoms with Crippen LogP contribution in [-0.2, 0) is 4.18 Å². The molecule has 0 saturated carbocycles. The predicted octanol–water partition coefficient (Wildman–Crippen LogP) is 3.74. The molecule has 0 heterocycles. The van der Waals surface area contributed by atoms with Gasteiger partial charge in [0.1, 0.15) is 7.77 Å². The van der Waals surface area contributed by atoms with Gasteiger partial charge in [-0.25, -0.2) is 0 Å². The SMILES string of the molecule is [2H]B([3H])CSO[C@H](/C=C/Br)C(C)(C)CCCC. The van der Waals surface area contributed by atoms with Crippen LogP contribution < -0.4 is 0 Å². The van der Waals surface area contributed by atoms with E-state index in [0.717, 1.165) is 6.42 Å². The van der Waals surface area contributed by atoms with Gasteiger partial charge in [-0.3, -0.25) is 0 Å². The topological polar surface area (TPSA) is 9.23 Å². The second kappa shape index (κ2) is 8.71. The van der Waals surface area contributed by atoms with Gasteiger partial charge < -0.3 is 4.18 Å². The highest BCUT2D eigenvalue weighted by atomic mass is 79.9. The third-order valence-corrected chi connectivity index (χ3v) is 3.22. The van der Waals surface area contributed by atoms with Gasteiger partial charge in [0.2, 0.25) is 0 Å². The molecule has 0 aliphatic heterocycles. The van der Waals surface area contributed by atoms with Crippen molar-refractivity contribution >= 4 is 35.7 Å². The van der Waals surface area contributed by atoms with E-state index in [1.54, 1.807) is 0 Å². The van der Waals surface area contributed by atoms with E-state index in [4.69, 9.17) is 6.85 Å². The average Bonchev–Trinajstić information content (AvgIpc) is 2.25. The maximum absolute atomic E-state index is 7.13. The van der Waals surface area contributed by atoms with Crippen LogP contribution in [-0.4, -0.2) is 22.2 Å². The summed E-state index contributed by atoms with van der Waals surface area (Å²) in [5.41, 5.74) is 0.462. The number of rotatable bonds is 9. The molecule has 0 aromatic rings. The lowest BCUT2D eigenvalue weighted by molar-refractivity contribution is 0.124. The zero-order chi connectivity index (χ0) is 13.3. The molecule has 0 bridgehead atoms. The molecule has 0 aliphatic carbocycles.